The van der Waals surface area contributed by atoms with Crippen molar-refractivity contribution in [2.75, 3.05) is 17.9 Å². The van der Waals surface area contributed by atoms with E-state index in [1.807, 2.05) is 11.4 Å². The average molecular weight is 424 g/mol. The van der Waals surface area contributed by atoms with Gasteiger partial charge in [0.2, 0.25) is 17.9 Å². The van der Waals surface area contributed by atoms with Crippen molar-refractivity contribution >= 4 is 46.3 Å². The van der Waals surface area contributed by atoms with Crippen molar-refractivity contribution < 1.29 is 14.3 Å². The molecule has 11 heteroatoms. The van der Waals surface area contributed by atoms with E-state index >= 15 is 0 Å². The fraction of sp³-hybridized carbons (Fsp3) is 0.250. The zero-order valence-electron chi connectivity index (χ0n) is 13.9. The number of fused-ring (bicyclic) bond motifs is 1. The minimum absolute atomic E-state index is 0.146. The molecule has 0 fully saturated rings. The van der Waals surface area contributed by atoms with Gasteiger partial charge in [-0.2, -0.15) is 0 Å². The van der Waals surface area contributed by atoms with Crippen molar-refractivity contribution in [1.82, 2.24) is 20.2 Å². The Hall–Kier alpha value is -2.30. The monoisotopic (exact) mass is 423 g/mol. The molecule has 140 valence electrons. The van der Waals surface area contributed by atoms with E-state index < -0.39 is 0 Å². The number of aromatic nitrogens is 4. The molecule has 0 spiro atoms. The van der Waals surface area contributed by atoms with Crippen LogP contribution in [0.3, 0.4) is 0 Å². The molecule has 4 rings (SSSR count). The fourth-order valence-corrected chi connectivity index (χ4v) is 4.04. The van der Waals surface area contributed by atoms with Crippen molar-refractivity contribution in [3.8, 4) is 11.5 Å². The standard InChI is InChI=1S/C16H14ClN5O3S2/c17-11-6-13-14(25-9-24-13)7-12(11)18-15(23)8-27-16-19-20-21-22(16)4-3-10-2-1-5-26-10/h1-2,5-7H,3-4,8-9H2,(H,18,23). The quantitative estimate of drug-likeness (QED) is 0.584. The summed E-state index contributed by atoms with van der Waals surface area (Å²) in [5.41, 5.74) is 0.476. The molecule has 3 aromatic rings. The van der Waals surface area contributed by atoms with Crippen molar-refractivity contribution in [3.05, 3.63) is 39.5 Å². The number of tetrazole rings is 1. The summed E-state index contributed by atoms with van der Waals surface area (Å²) >= 11 is 9.14. The molecular weight excluding hydrogens is 410 g/mol. The topological polar surface area (TPSA) is 91.2 Å². The van der Waals surface area contributed by atoms with Crippen LogP contribution in [-0.4, -0.2) is 38.7 Å². The lowest BCUT2D eigenvalue weighted by molar-refractivity contribution is -0.113. The number of aryl methyl sites for hydroxylation is 2. The third-order valence-corrected chi connectivity index (χ3v) is 5.92. The van der Waals surface area contributed by atoms with Crippen LogP contribution < -0.4 is 14.8 Å². The molecule has 27 heavy (non-hydrogen) atoms. The largest absolute Gasteiger partial charge is 0.454 e. The maximum absolute atomic E-state index is 12.3. The van der Waals surface area contributed by atoms with Gasteiger partial charge in [-0.15, -0.1) is 16.4 Å². The summed E-state index contributed by atoms with van der Waals surface area (Å²) in [7, 11) is 0. The zero-order valence-corrected chi connectivity index (χ0v) is 16.3. The summed E-state index contributed by atoms with van der Waals surface area (Å²) in [4.78, 5) is 13.5. The number of anilines is 1. The van der Waals surface area contributed by atoms with Gasteiger partial charge in [0.25, 0.3) is 0 Å². The minimum atomic E-state index is -0.214. The van der Waals surface area contributed by atoms with Gasteiger partial charge in [-0.3, -0.25) is 4.79 Å². The summed E-state index contributed by atoms with van der Waals surface area (Å²) in [5.74, 6) is 1.06. The number of amides is 1. The van der Waals surface area contributed by atoms with Crippen LogP contribution in [0, 0.1) is 0 Å². The number of halogens is 1. The van der Waals surface area contributed by atoms with Crippen LogP contribution in [0.4, 0.5) is 5.69 Å². The van der Waals surface area contributed by atoms with E-state index in [1.165, 1.54) is 16.6 Å². The second-order valence-electron chi connectivity index (χ2n) is 5.54. The van der Waals surface area contributed by atoms with Crippen LogP contribution >= 0.6 is 34.7 Å². The molecule has 0 atom stereocenters. The predicted molar refractivity (Wildman–Crippen MR) is 103 cm³/mol. The first-order valence-electron chi connectivity index (χ1n) is 7.99. The Morgan fingerprint density at radius 2 is 2.22 bits per heavy atom. The van der Waals surface area contributed by atoms with Gasteiger partial charge < -0.3 is 14.8 Å². The molecule has 0 unspecified atom stereocenters. The summed E-state index contributed by atoms with van der Waals surface area (Å²) < 4.78 is 12.3. The maximum Gasteiger partial charge on any atom is 0.234 e. The second kappa shape index (κ2) is 8.15. The third-order valence-electron chi connectivity index (χ3n) is 3.72. The Morgan fingerprint density at radius 1 is 1.37 bits per heavy atom. The van der Waals surface area contributed by atoms with Crippen LogP contribution in [0.2, 0.25) is 5.02 Å². The Labute approximate surface area is 167 Å². The number of thiophene rings is 1. The predicted octanol–water partition coefficient (Wildman–Crippen LogP) is 3.09. The number of carbonyl (C=O) groups is 1. The van der Waals surface area contributed by atoms with Crippen molar-refractivity contribution in [3.63, 3.8) is 0 Å². The SMILES string of the molecule is O=C(CSc1nnnn1CCc1cccs1)Nc1cc2c(cc1Cl)OCO2. The van der Waals surface area contributed by atoms with E-state index in [1.54, 1.807) is 28.2 Å². The molecule has 0 saturated heterocycles. The fourth-order valence-electron chi connectivity index (χ4n) is 2.44. The van der Waals surface area contributed by atoms with E-state index in [0.29, 0.717) is 33.9 Å². The van der Waals surface area contributed by atoms with Gasteiger partial charge in [-0.25, -0.2) is 4.68 Å². The molecule has 0 aliphatic carbocycles. The molecule has 1 aliphatic rings. The van der Waals surface area contributed by atoms with E-state index in [-0.39, 0.29) is 18.5 Å². The lowest BCUT2D eigenvalue weighted by Crippen LogP contribution is -2.15. The van der Waals surface area contributed by atoms with Crippen LogP contribution in [0.15, 0.2) is 34.8 Å². The number of hydrogen-bond donors (Lipinski definition) is 1. The van der Waals surface area contributed by atoms with Gasteiger partial charge in [0.15, 0.2) is 11.5 Å². The van der Waals surface area contributed by atoms with Gasteiger partial charge in [0.05, 0.1) is 23.0 Å². The maximum atomic E-state index is 12.3. The summed E-state index contributed by atoms with van der Waals surface area (Å²) in [5, 5.41) is 17.5. The Morgan fingerprint density at radius 3 is 3.04 bits per heavy atom. The lowest BCUT2D eigenvalue weighted by Gasteiger charge is -2.08. The highest BCUT2D eigenvalue weighted by atomic mass is 35.5. The second-order valence-corrected chi connectivity index (χ2v) is 7.92. The minimum Gasteiger partial charge on any atom is -0.454 e. The van der Waals surface area contributed by atoms with E-state index in [0.717, 1.165) is 6.42 Å². The summed E-state index contributed by atoms with van der Waals surface area (Å²) in [6, 6.07) is 7.36. The highest BCUT2D eigenvalue weighted by Gasteiger charge is 2.18. The van der Waals surface area contributed by atoms with Crippen LogP contribution in [0.5, 0.6) is 11.5 Å². The van der Waals surface area contributed by atoms with Crippen molar-refractivity contribution in [2.24, 2.45) is 0 Å². The molecule has 0 bridgehead atoms. The molecule has 1 N–H and O–H groups in total. The van der Waals surface area contributed by atoms with Crippen molar-refractivity contribution in [2.45, 2.75) is 18.1 Å². The first kappa shape index (κ1) is 18.1. The first-order valence-corrected chi connectivity index (χ1v) is 10.2. The number of nitrogens with one attached hydrogen (secondary N) is 1. The van der Waals surface area contributed by atoms with Gasteiger partial charge in [0.1, 0.15) is 0 Å². The summed E-state index contributed by atoms with van der Waals surface area (Å²) in [6.07, 6.45) is 0.843. The van der Waals surface area contributed by atoms with E-state index in [4.69, 9.17) is 21.1 Å². The van der Waals surface area contributed by atoms with E-state index in [9.17, 15) is 4.79 Å². The van der Waals surface area contributed by atoms with E-state index in [2.05, 4.69) is 26.9 Å². The van der Waals surface area contributed by atoms with Gasteiger partial charge in [-0.05, 0) is 21.9 Å². The number of carbonyl (C=O) groups excluding carboxylic acids is 1. The lowest BCUT2D eigenvalue weighted by atomic mass is 10.2. The number of benzene rings is 1. The molecular formula is C16H14ClN5O3S2. The molecule has 8 nitrogen and oxygen atoms in total. The highest BCUT2D eigenvalue weighted by Crippen LogP contribution is 2.39. The molecule has 2 aromatic heterocycles. The molecule has 1 amide bonds. The molecule has 1 aliphatic heterocycles. The average Bonchev–Trinajstić information content (AvgIpc) is 3.40. The first-order chi connectivity index (χ1) is 13.2. The zero-order chi connectivity index (χ0) is 18.6. The van der Waals surface area contributed by atoms with Gasteiger partial charge in [-0.1, -0.05) is 29.4 Å². The number of thioether (sulfide) groups is 1. The normalized spacial score (nSPS) is 12.3. The Kier molecular flexibility index (Phi) is 5.46. The van der Waals surface area contributed by atoms with Crippen LogP contribution in [-0.2, 0) is 17.8 Å². The highest BCUT2D eigenvalue weighted by molar-refractivity contribution is 7.99. The molecule has 0 saturated carbocycles. The smallest absolute Gasteiger partial charge is 0.234 e. The van der Waals surface area contributed by atoms with Crippen molar-refractivity contribution in [1.29, 1.82) is 0 Å². The summed E-state index contributed by atoms with van der Waals surface area (Å²) in [6.45, 7) is 0.804. The van der Waals surface area contributed by atoms with Crippen LogP contribution in [0.1, 0.15) is 4.88 Å². The third kappa shape index (κ3) is 4.34. The number of rotatable bonds is 7. The Bertz CT molecular complexity index is 948. The molecule has 0 radical (unpaired) electrons. The van der Waals surface area contributed by atoms with Gasteiger partial charge >= 0.3 is 0 Å². The van der Waals surface area contributed by atoms with Crippen LogP contribution in [0.25, 0.3) is 0 Å². The number of nitrogens with zero attached hydrogens (tertiary/aromatic N) is 4. The molecule has 1 aromatic carbocycles. The van der Waals surface area contributed by atoms with Gasteiger partial charge in [0, 0.05) is 23.4 Å². The molecule has 3 heterocycles. The number of ether oxygens (including phenoxy) is 2. The Balaban J connectivity index is 1.33. The number of hydrogen-bond acceptors (Lipinski definition) is 8.